The molecular weight excluding hydrogens is 383 g/mol. The molecule has 154 valence electrons. The van der Waals surface area contributed by atoms with E-state index in [-0.39, 0.29) is 5.69 Å². The molecule has 1 aliphatic heterocycles. The minimum Gasteiger partial charge on any atom is -0.341 e. The standard InChI is InChI=1S/C22H23FN6O/c1-15-14-20(28-21(24-15)29-12-4-5-13-29)25-16-8-10-17(11-9-16)26-22(30)27-19-7-3-2-6-18(19)23/h2-3,6-11,14H,4-5,12-13H2,1H3,(H,24,25,28)(H2,26,27,30). The Kier molecular flexibility index (Phi) is 5.74. The highest BCUT2D eigenvalue weighted by atomic mass is 19.1. The van der Waals surface area contributed by atoms with Crippen LogP contribution in [0.25, 0.3) is 0 Å². The van der Waals surface area contributed by atoms with Gasteiger partial charge in [-0.3, -0.25) is 0 Å². The van der Waals surface area contributed by atoms with Crippen LogP contribution in [0.4, 0.5) is 38.0 Å². The highest BCUT2D eigenvalue weighted by Crippen LogP contribution is 2.22. The van der Waals surface area contributed by atoms with Crippen molar-refractivity contribution in [1.82, 2.24) is 9.97 Å². The number of nitrogens with one attached hydrogen (secondary N) is 3. The monoisotopic (exact) mass is 406 g/mol. The molecule has 1 saturated heterocycles. The summed E-state index contributed by atoms with van der Waals surface area (Å²) in [6.07, 6.45) is 2.33. The number of para-hydroxylation sites is 1. The Morgan fingerprint density at radius 1 is 0.967 bits per heavy atom. The van der Waals surface area contributed by atoms with Gasteiger partial charge in [-0.05, 0) is 56.2 Å². The molecule has 3 aromatic rings. The fourth-order valence-electron chi connectivity index (χ4n) is 3.31. The zero-order valence-electron chi connectivity index (χ0n) is 16.7. The van der Waals surface area contributed by atoms with E-state index in [0.717, 1.165) is 36.2 Å². The first-order valence-electron chi connectivity index (χ1n) is 9.87. The second-order valence-electron chi connectivity index (χ2n) is 7.15. The summed E-state index contributed by atoms with van der Waals surface area (Å²) in [5.41, 5.74) is 2.45. The molecular formula is C22H23FN6O. The third-order valence-corrected chi connectivity index (χ3v) is 4.77. The molecule has 4 rings (SSSR count). The highest BCUT2D eigenvalue weighted by Gasteiger charge is 2.16. The Morgan fingerprint density at radius 3 is 2.40 bits per heavy atom. The van der Waals surface area contributed by atoms with Gasteiger partial charge in [-0.1, -0.05) is 12.1 Å². The predicted octanol–water partition coefficient (Wildman–Crippen LogP) is 4.91. The topological polar surface area (TPSA) is 82.2 Å². The molecule has 0 radical (unpaired) electrons. The van der Waals surface area contributed by atoms with Gasteiger partial charge in [0, 0.05) is 36.2 Å². The van der Waals surface area contributed by atoms with Crippen LogP contribution in [0.3, 0.4) is 0 Å². The van der Waals surface area contributed by atoms with E-state index >= 15 is 0 Å². The number of hydrogen-bond acceptors (Lipinski definition) is 5. The van der Waals surface area contributed by atoms with E-state index in [0.29, 0.717) is 5.69 Å². The van der Waals surface area contributed by atoms with Gasteiger partial charge in [-0.25, -0.2) is 14.2 Å². The number of carbonyl (C=O) groups excluding carboxylic acids is 1. The summed E-state index contributed by atoms with van der Waals surface area (Å²) in [6, 6.07) is 14.6. The predicted molar refractivity (Wildman–Crippen MR) is 117 cm³/mol. The molecule has 1 fully saturated rings. The van der Waals surface area contributed by atoms with E-state index in [9.17, 15) is 9.18 Å². The summed E-state index contributed by atoms with van der Waals surface area (Å²) in [5.74, 6) is 0.987. The molecule has 2 heterocycles. The van der Waals surface area contributed by atoms with Gasteiger partial charge in [0.25, 0.3) is 0 Å². The average molecular weight is 406 g/mol. The normalized spacial score (nSPS) is 13.2. The minimum absolute atomic E-state index is 0.126. The number of benzene rings is 2. The first-order chi connectivity index (χ1) is 14.6. The number of rotatable bonds is 5. The van der Waals surface area contributed by atoms with Crippen LogP contribution in [-0.4, -0.2) is 29.1 Å². The number of aromatic nitrogens is 2. The maximum Gasteiger partial charge on any atom is 0.323 e. The minimum atomic E-state index is -0.512. The molecule has 0 atom stereocenters. The molecule has 30 heavy (non-hydrogen) atoms. The molecule has 0 saturated carbocycles. The number of halogens is 1. The number of hydrogen-bond donors (Lipinski definition) is 3. The molecule has 0 spiro atoms. The van der Waals surface area contributed by atoms with Crippen molar-refractivity contribution in [2.24, 2.45) is 0 Å². The maximum atomic E-state index is 13.6. The Bertz CT molecular complexity index is 1030. The van der Waals surface area contributed by atoms with E-state index < -0.39 is 11.8 Å². The fourth-order valence-corrected chi connectivity index (χ4v) is 3.31. The highest BCUT2D eigenvalue weighted by molar-refractivity contribution is 5.99. The van der Waals surface area contributed by atoms with E-state index in [1.54, 1.807) is 24.3 Å². The van der Waals surface area contributed by atoms with Gasteiger partial charge in [0.15, 0.2) is 0 Å². The molecule has 7 nitrogen and oxygen atoms in total. The molecule has 1 aliphatic rings. The second-order valence-corrected chi connectivity index (χ2v) is 7.15. The Labute approximate surface area is 174 Å². The largest absolute Gasteiger partial charge is 0.341 e. The lowest BCUT2D eigenvalue weighted by Crippen LogP contribution is -2.21. The zero-order valence-corrected chi connectivity index (χ0v) is 16.7. The molecule has 0 unspecified atom stereocenters. The Balaban J connectivity index is 1.39. The lowest BCUT2D eigenvalue weighted by molar-refractivity contribution is 0.262. The molecule has 0 aliphatic carbocycles. The van der Waals surface area contributed by atoms with E-state index in [1.807, 2.05) is 25.1 Å². The Hall–Kier alpha value is -3.68. The van der Waals surface area contributed by atoms with Crippen LogP contribution in [0.15, 0.2) is 54.6 Å². The van der Waals surface area contributed by atoms with E-state index in [1.165, 1.54) is 25.0 Å². The van der Waals surface area contributed by atoms with Crippen molar-refractivity contribution in [2.75, 3.05) is 33.9 Å². The van der Waals surface area contributed by atoms with Gasteiger partial charge in [-0.2, -0.15) is 4.98 Å². The maximum absolute atomic E-state index is 13.6. The molecule has 0 bridgehead atoms. The molecule has 3 N–H and O–H groups in total. The quantitative estimate of drug-likeness (QED) is 0.561. The van der Waals surface area contributed by atoms with Gasteiger partial charge in [0.1, 0.15) is 11.6 Å². The van der Waals surface area contributed by atoms with Crippen molar-refractivity contribution in [3.63, 3.8) is 0 Å². The van der Waals surface area contributed by atoms with Crippen LogP contribution in [0, 0.1) is 12.7 Å². The first-order valence-corrected chi connectivity index (χ1v) is 9.87. The van der Waals surface area contributed by atoms with Crippen molar-refractivity contribution in [3.05, 3.63) is 66.1 Å². The van der Waals surface area contributed by atoms with Crippen molar-refractivity contribution in [3.8, 4) is 0 Å². The van der Waals surface area contributed by atoms with Gasteiger partial charge >= 0.3 is 6.03 Å². The van der Waals surface area contributed by atoms with E-state index in [4.69, 9.17) is 0 Å². The third-order valence-electron chi connectivity index (χ3n) is 4.77. The van der Waals surface area contributed by atoms with Gasteiger partial charge in [0.05, 0.1) is 5.69 Å². The van der Waals surface area contributed by atoms with Crippen LogP contribution >= 0.6 is 0 Å². The third kappa shape index (κ3) is 4.83. The number of nitrogens with zero attached hydrogens (tertiary/aromatic N) is 3. The van der Waals surface area contributed by atoms with Crippen molar-refractivity contribution >= 4 is 34.9 Å². The summed E-state index contributed by atoms with van der Waals surface area (Å²) in [5, 5.41) is 8.46. The number of carbonyl (C=O) groups is 1. The van der Waals surface area contributed by atoms with Gasteiger partial charge in [-0.15, -0.1) is 0 Å². The van der Waals surface area contributed by atoms with Crippen LogP contribution in [0.2, 0.25) is 0 Å². The van der Waals surface area contributed by atoms with Crippen LogP contribution in [-0.2, 0) is 0 Å². The van der Waals surface area contributed by atoms with Crippen molar-refractivity contribution in [1.29, 1.82) is 0 Å². The number of aryl methyl sites for hydroxylation is 1. The first kappa shape index (κ1) is 19.6. The molecule has 2 aromatic carbocycles. The molecule has 1 aromatic heterocycles. The van der Waals surface area contributed by atoms with Crippen LogP contribution in [0.5, 0.6) is 0 Å². The lowest BCUT2D eigenvalue weighted by atomic mass is 10.2. The summed E-state index contributed by atoms with van der Waals surface area (Å²) >= 11 is 0. The smallest absolute Gasteiger partial charge is 0.323 e. The number of anilines is 5. The van der Waals surface area contributed by atoms with Gasteiger partial charge in [0.2, 0.25) is 5.95 Å². The number of amides is 2. The summed E-state index contributed by atoms with van der Waals surface area (Å²) in [6.45, 7) is 3.92. The SMILES string of the molecule is Cc1cc(Nc2ccc(NC(=O)Nc3ccccc3F)cc2)nc(N2CCCC2)n1. The summed E-state index contributed by atoms with van der Waals surface area (Å²) in [4.78, 5) is 23.4. The zero-order chi connectivity index (χ0) is 20.9. The summed E-state index contributed by atoms with van der Waals surface area (Å²) in [7, 11) is 0. The van der Waals surface area contributed by atoms with Crippen molar-refractivity contribution in [2.45, 2.75) is 19.8 Å². The van der Waals surface area contributed by atoms with Crippen molar-refractivity contribution < 1.29 is 9.18 Å². The summed E-state index contributed by atoms with van der Waals surface area (Å²) < 4.78 is 13.6. The average Bonchev–Trinajstić information content (AvgIpc) is 3.26. The Morgan fingerprint density at radius 2 is 1.67 bits per heavy atom. The molecule has 2 amide bonds. The molecule has 8 heteroatoms. The van der Waals surface area contributed by atoms with E-state index in [2.05, 4.69) is 30.8 Å². The number of urea groups is 1. The van der Waals surface area contributed by atoms with Crippen LogP contribution in [0.1, 0.15) is 18.5 Å². The lowest BCUT2D eigenvalue weighted by Gasteiger charge is -2.17. The second kappa shape index (κ2) is 8.77. The fraction of sp³-hybridized carbons (Fsp3) is 0.227. The van der Waals surface area contributed by atoms with Crippen LogP contribution < -0.4 is 20.9 Å². The van der Waals surface area contributed by atoms with Gasteiger partial charge < -0.3 is 20.9 Å².